The molecule has 6 bridgehead atoms. The van der Waals surface area contributed by atoms with Crippen molar-refractivity contribution in [2.24, 2.45) is 4.99 Å². The Hall–Kier alpha value is -2.39. The van der Waals surface area contributed by atoms with Crippen molar-refractivity contribution in [3.8, 4) is 0 Å². The van der Waals surface area contributed by atoms with E-state index in [4.69, 9.17) is 0 Å². The largest absolute Gasteiger partial charge is 0.355 e. The number of fused-ring (bicyclic) bond motifs is 5. The minimum Gasteiger partial charge on any atom is -0.355 e. The molecule has 18 heavy (non-hydrogen) atoms. The molecule has 86 valence electrons. The minimum absolute atomic E-state index is 0.988. The SMILES string of the molecule is C1=CC2=NC1=CC1=CC=C(C=c3ccc([nH]3)=C2)[NH2+]1. The van der Waals surface area contributed by atoms with Gasteiger partial charge in [-0.1, -0.05) is 0 Å². The Morgan fingerprint density at radius 3 is 2.56 bits per heavy atom. The number of nitrogens with two attached hydrogens (primary N) is 1. The summed E-state index contributed by atoms with van der Waals surface area (Å²) >= 11 is 0. The lowest BCUT2D eigenvalue weighted by atomic mass is 10.3. The summed E-state index contributed by atoms with van der Waals surface area (Å²) in [5, 5.41) is 4.37. The summed E-state index contributed by atoms with van der Waals surface area (Å²) in [5.74, 6) is 0. The maximum Gasteiger partial charge on any atom is 0.136 e. The van der Waals surface area contributed by atoms with E-state index < -0.39 is 0 Å². The van der Waals surface area contributed by atoms with Crippen molar-refractivity contribution in [2.45, 2.75) is 0 Å². The first-order valence-corrected chi connectivity index (χ1v) is 5.99. The highest BCUT2D eigenvalue weighted by molar-refractivity contribution is 6.19. The van der Waals surface area contributed by atoms with Gasteiger partial charge in [-0.05, 0) is 30.4 Å². The summed E-state index contributed by atoms with van der Waals surface area (Å²) in [6, 6.07) is 4.16. The smallest absolute Gasteiger partial charge is 0.136 e. The van der Waals surface area contributed by atoms with Gasteiger partial charge in [0.1, 0.15) is 11.4 Å². The molecule has 3 aliphatic rings. The van der Waals surface area contributed by atoms with Gasteiger partial charge in [0.2, 0.25) is 0 Å². The van der Waals surface area contributed by atoms with Crippen LogP contribution in [0.2, 0.25) is 0 Å². The zero-order valence-corrected chi connectivity index (χ0v) is 9.72. The Balaban J connectivity index is 1.98. The number of aliphatic imine (C=N–C) groups is 1. The average molecular weight is 234 g/mol. The lowest BCUT2D eigenvalue weighted by molar-refractivity contribution is -0.538. The Labute approximate surface area is 104 Å². The number of rotatable bonds is 0. The topological polar surface area (TPSA) is 44.8 Å². The second kappa shape index (κ2) is 3.55. The number of nitrogens with zero attached hydrogens (tertiary/aromatic N) is 1. The van der Waals surface area contributed by atoms with Crippen LogP contribution in [0.15, 0.2) is 64.6 Å². The molecule has 4 rings (SSSR count). The van der Waals surface area contributed by atoms with E-state index in [0.29, 0.717) is 0 Å². The van der Waals surface area contributed by atoms with Gasteiger partial charge in [-0.3, -0.25) is 5.32 Å². The van der Waals surface area contributed by atoms with Gasteiger partial charge in [-0.15, -0.1) is 0 Å². The summed E-state index contributed by atoms with van der Waals surface area (Å²) in [7, 11) is 0. The Kier molecular flexibility index (Phi) is 1.90. The first kappa shape index (κ1) is 9.62. The zero-order chi connectivity index (χ0) is 11.9. The van der Waals surface area contributed by atoms with Crippen molar-refractivity contribution < 1.29 is 5.32 Å². The summed E-state index contributed by atoms with van der Waals surface area (Å²) in [5.41, 5.74) is 4.40. The Morgan fingerprint density at radius 2 is 1.67 bits per heavy atom. The van der Waals surface area contributed by atoms with Gasteiger partial charge < -0.3 is 4.98 Å². The second-order valence-electron chi connectivity index (χ2n) is 4.57. The lowest BCUT2D eigenvalue weighted by Gasteiger charge is -1.95. The number of H-pyrrole nitrogens is 1. The van der Waals surface area contributed by atoms with Crippen LogP contribution in [0.3, 0.4) is 0 Å². The molecule has 0 saturated carbocycles. The summed E-state index contributed by atoms with van der Waals surface area (Å²) in [4.78, 5) is 7.94. The second-order valence-corrected chi connectivity index (χ2v) is 4.57. The quantitative estimate of drug-likeness (QED) is 0.626. The van der Waals surface area contributed by atoms with Crippen molar-refractivity contribution in [3.63, 3.8) is 0 Å². The number of hydrogen-bond donors (Lipinski definition) is 2. The first-order chi connectivity index (χ1) is 8.85. The van der Waals surface area contributed by atoms with Gasteiger partial charge in [-0.25, -0.2) is 4.99 Å². The molecule has 3 N–H and O–H groups in total. The van der Waals surface area contributed by atoms with Crippen LogP contribution >= 0.6 is 0 Å². The van der Waals surface area contributed by atoms with Crippen LogP contribution < -0.4 is 16.0 Å². The van der Waals surface area contributed by atoms with E-state index in [1.807, 2.05) is 12.2 Å². The number of quaternary nitrogens is 1. The molecule has 1 aromatic rings. The van der Waals surface area contributed by atoms with Crippen molar-refractivity contribution >= 4 is 17.9 Å². The normalized spacial score (nSPS) is 19.8. The van der Waals surface area contributed by atoms with Crippen molar-refractivity contribution in [3.05, 3.63) is 70.3 Å². The molecule has 0 atom stereocenters. The van der Waals surface area contributed by atoms with Crippen LogP contribution in [0.4, 0.5) is 0 Å². The fraction of sp³-hybridized carbons (Fsp3) is 0. The van der Waals surface area contributed by atoms with E-state index in [9.17, 15) is 0 Å². The highest BCUT2D eigenvalue weighted by Crippen LogP contribution is 2.12. The van der Waals surface area contributed by atoms with Gasteiger partial charge in [0.15, 0.2) is 0 Å². The molecule has 1 aromatic heterocycles. The zero-order valence-electron chi connectivity index (χ0n) is 9.72. The maximum absolute atomic E-state index is 4.57. The summed E-state index contributed by atoms with van der Waals surface area (Å²) < 4.78 is 0. The van der Waals surface area contributed by atoms with Crippen LogP contribution in [0.1, 0.15) is 0 Å². The fourth-order valence-corrected chi connectivity index (χ4v) is 2.32. The van der Waals surface area contributed by atoms with Crippen LogP contribution in [-0.4, -0.2) is 10.7 Å². The van der Waals surface area contributed by atoms with E-state index in [-0.39, 0.29) is 0 Å². The predicted molar refractivity (Wildman–Crippen MR) is 71.7 cm³/mol. The summed E-state index contributed by atoms with van der Waals surface area (Å²) in [6.07, 6.45) is 14.6. The summed E-state index contributed by atoms with van der Waals surface area (Å²) in [6.45, 7) is 0. The maximum atomic E-state index is 4.57. The van der Waals surface area contributed by atoms with Crippen LogP contribution in [0.25, 0.3) is 12.2 Å². The lowest BCUT2D eigenvalue weighted by Crippen LogP contribution is -2.77. The monoisotopic (exact) mass is 234 g/mol. The first-order valence-electron chi connectivity index (χ1n) is 5.99. The third-order valence-corrected chi connectivity index (χ3v) is 3.16. The molecule has 0 unspecified atom stereocenters. The number of aromatic amines is 1. The third kappa shape index (κ3) is 1.61. The minimum atomic E-state index is 0.988. The molecular weight excluding hydrogens is 222 g/mol. The van der Waals surface area contributed by atoms with Crippen LogP contribution in [0, 0.1) is 0 Å². The van der Waals surface area contributed by atoms with E-state index >= 15 is 0 Å². The van der Waals surface area contributed by atoms with Crippen molar-refractivity contribution in [1.29, 1.82) is 0 Å². The van der Waals surface area contributed by atoms with Crippen LogP contribution in [-0.2, 0) is 0 Å². The Bertz CT molecular complexity index is 795. The molecule has 0 amide bonds. The van der Waals surface area contributed by atoms with E-state index in [2.05, 4.69) is 57.8 Å². The molecule has 0 spiro atoms. The number of hydrogen-bond acceptors (Lipinski definition) is 1. The van der Waals surface area contributed by atoms with Gasteiger partial charge in [0.05, 0.1) is 11.4 Å². The van der Waals surface area contributed by atoms with Crippen molar-refractivity contribution in [1.82, 2.24) is 4.98 Å². The number of nitrogens with one attached hydrogen (secondary N) is 1. The fourth-order valence-electron chi connectivity index (χ4n) is 2.32. The molecule has 0 saturated heterocycles. The van der Waals surface area contributed by atoms with Crippen molar-refractivity contribution in [2.75, 3.05) is 0 Å². The highest BCUT2D eigenvalue weighted by atomic mass is 14.9. The molecule has 0 aliphatic carbocycles. The molecule has 0 fully saturated rings. The molecule has 3 heteroatoms. The average Bonchev–Trinajstić information content (AvgIpc) is 3.04. The van der Waals surface area contributed by atoms with Gasteiger partial charge in [-0.2, -0.15) is 0 Å². The van der Waals surface area contributed by atoms with E-state index in [1.165, 1.54) is 11.4 Å². The number of allylic oxidation sites excluding steroid dienone is 6. The van der Waals surface area contributed by atoms with Gasteiger partial charge in [0, 0.05) is 35.0 Å². The number of aromatic nitrogens is 1. The van der Waals surface area contributed by atoms with Gasteiger partial charge >= 0.3 is 0 Å². The molecule has 0 radical (unpaired) electrons. The molecular formula is C15H12N3+. The molecule has 3 nitrogen and oxygen atoms in total. The van der Waals surface area contributed by atoms with Crippen LogP contribution in [0.5, 0.6) is 0 Å². The third-order valence-electron chi connectivity index (χ3n) is 3.16. The highest BCUT2D eigenvalue weighted by Gasteiger charge is 2.11. The molecule has 3 aliphatic heterocycles. The molecule has 4 heterocycles. The van der Waals surface area contributed by atoms with E-state index in [1.54, 1.807) is 0 Å². The van der Waals surface area contributed by atoms with Gasteiger partial charge in [0.25, 0.3) is 0 Å². The van der Waals surface area contributed by atoms with E-state index in [0.717, 1.165) is 22.1 Å². The predicted octanol–water partition coefficient (Wildman–Crippen LogP) is -0.171. The molecule has 0 aromatic carbocycles. The standard InChI is InChI=1S/C15H11N3/c1-2-11-8-13-5-6-15(18-13)9-14-4-3-12(17-14)7-10(1)16-11/h1-9,16-17H/p+1. The Morgan fingerprint density at radius 1 is 0.889 bits per heavy atom.